The Labute approximate surface area is 136 Å². The van der Waals surface area contributed by atoms with E-state index in [9.17, 15) is 18.0 Å². The van der Waals surface area contributed by atoms with Crippen molar-refractivity contribution in [2.45, 2.75) is 6.18 Å². The molecule has 3 nitrogen and oxygen atoms in total. The molecule has 0 aromatic heterocycles. The number of hydrogen-bond acceptors (Lipinski definition) is 2. The van der Waals surface area contributed by atoms with E-state index >= 15 is 0 Å². The summed E-state index contributed by atoms with van der Waals surface area (Å²) in [5.74, 6) is 4.75. The van der Waals surface area contributed by atoms with Crippen LogP contribution >= 0.6 is 0 Å². The molecular formula is C18H11F3N2O. The molecular weight excluding hydrogens is 317 g/mol. The van der Waals surface area contributed by atoms with Gasteiger partial charge < -0.3 is 5.32 Å². The Balaban J connectivity index is 1.99. The van der Waals surface area contributed by atoms with E-state index in [4.69, 9.17) is 5.26 Å². The number of rotatable bonds is 2. The average Bonchev–Trinajstić information content (AvgIpc) is 2.58. The summed E-state index contributed by atoms with van der Waals surface area (Å²) in [5.41, 5.74) is 0.116. The van der Waals surface area contributed by atoms with Gasteiger partial charge in [0.15, 0.2) is 0 Å². The molecule has 1 N–H and O–H groups in total. The SMILES string of the molecule is N#Cc1cccc(C(=O)NCC#Cc2cccc(C(F)(F)F)c2)c1. The van der Waals surface area contributed by atoms with Crippen LogP contribution in [0, 0.1) is 23.2 Å². The fourth-order valence-electron chi connectivity index (χ4n) is 1.88. The van der Waals surface area contributed by atoms with Crippen LogP contribution in [0.2, 0.25) is 0 Å². The molecule has 1 amide bonds. The molecule has 0 spiro atoms. The summed E-state index contributed by atoms with van der Waals surface area (Å²) in [6.45, 7) is -0.0220. The molecule has 0 radical (unpaired) electrons. The smallest absolute Gasteiger partial charge is 0.341 e. The summed E-state index contributed by atoms with van der Waals surface area (Å²) in [6, 6.07) is 12.7. The number of alkyl halides is 3. The van der Waals surface area contributed by atoms with Crippen molar-refractivity contribution in [1.29, 1.82) is 5.26 Å². The molecule has 2 aromatic carbocycles. The van der Waals surface area contributed by atoms with Gasteiger partial charge in [0.05, 0.1) is 23.7 Å². The number of amides is 1. The van der Waals surface area contributed by atoms with Crippen LogP contribution in [0.4, 0.5) is 13.2 Å². The normalized spacial score (nSPS) is 10.2. The lowest BCUT2D eigenvalue weighted by atomic mass is 10.1. The maximum atomic E-state index is 12.6. The Morgan fingerprint density at radius 2 is 1.79 bits per heavy atom. The number of nitrogens with zero attached hydrogens (tertiary/aromatic N) is 1. The standard InChI is InChI=1S/C18H11F3N2O/c19-18(20,21)16-8-2-4-13(11-16)6-3-9-23-17(24)15-7-1-5-14(10-15)12-22/h1-2,4-5,7-8,10-11H,9H2,(H,23,24). The molecule has 24 heavy (non-hydrogen) atoms. The minimum atomic E-state index is -4.42. The molecule has 0 fully saturated rings. The van der Waals surface area contributed by atoms with Gasteiger partial charge in [-0.1, -0.05) is 24.0 Å². The van der Waals surface area contributed by atoms with E-state index in [1.54, 1.807) is 18.2 Å². The van der Waals surface area contributed by atoms with Crippen LogP contribution in [-0.4, -0.2) is 12.5 Å². The molecule has 6 heteroatoms. The Morgan fingerprint density at radius 3 is 2.50 bits per heavy atom. The lowest BCUT2D eigenvalue weighted by Crippen LogP contribution is -2.23. The highest BCUT2D eigenvalue weighted by molar-refractivity contribution is 5.94. The van der Waals surface area contributed by atoms with E-state index < -0.39 is 17.6 Å². The van der Waals surface area contributed by atoms with Crippen molar-refractivity contribution in [3.63, 3.8) is 0 Å². The van der Waals surface area contributed by atoms with Gasteiger partial charge in [-0.25, -0.2) is 0 Å². The zero-order valence-corrected chi connectivity index (χ0v) is 12.3. The van der Waals surface area contributed by atoms with Gasteiger partial charge in [0, 0.05) is 11.1 Å². The van der Waals surface area contributed by atoms with Crippen LogP contribution in [0.5, 0.6) is 0 Å². The van der Waals surface area contributed by atoms with E-state index in [2.05, 4.69) is 17.2 Å². The van der Waals surface area contributed by atoms with Crippen molar-refractivity contribution in [2.24, 2.45) is 0 Å². The lowest BCUT2D eigenvalue weighted by molar-refractivity contribution is -0.137. The topological polar surface area (TPSA) is 52.9 Å². The Hall–Kier alpha value is -3.25. The van der Waals surface area contributed by atoms with Crippen LogP contribution in [0.25, 0.3) is 0 Å². The van der Waals surface area contributed by atoms with E-state index in [1.807, 2.05) is 6.07 Å². The Morgan fingerprint density at radius 1 is 1.08 bits per heavy atom. The largest absolute Gasteiger partial charge is 0.416 e. The fraction of sp³-hybridized carbons (Fsp3) is 0.111. The molecule has 0 aliphatic heterocycles. The minimum Gasteiger partial charge on any atom is -0.341 e. The first-order chi connectivity index (χ1) is 11.4. The van der Waals surface area contributed by atoms with Gasteiger partial charge in [-0.05, 0) is 36.4 Å². The first-order valence-electron chi connectivity index (χ1n) is 6.84. The van der Waals surface area contributed by atoms with Gasteiger partial charge in [-0.15, -0.1) is 0 Å². The Kier molecular flexibility index (Phi) is 5.23. The van der Waals surface area contributed by atoms with Crippen molar-refractivity contribution in [3.05, 3.63) is 70.8 Å². The maximum absolute atomic E-state index is 12.6. The van der Waals surface area contributed by atoms with Crippen LogP contribution in [0.3, 0.4) is 0 Å². The summed E-state index contributed by atoms with van der Waals surface area (Å²) < 4.78 is 37.8. The third kappa shape index (κ3) is 4.62. The number of nitriles is 1. The number of hydrogen-bond donors (Lipinski definition) is 1. The summed E-state index contributed by atoms with van der Waals surface area (Å²) in [4.78, 5) is 11.9. The molecule has 120 valence electrons. The van der Waals surface area contributed by atoms with Gasteiger partial charge in [-0.2, -0.15) is 18.4 Å². The highest BCUT2D eigenvalue weighted by Gasteiger charge is 2.30. The van der Waals surface area contributed by atoms with Crippen LogP contribution in [0.1, 0.15) is 27.0 Å². The van der Waals surface area contributed by atoms with E-state index in [0.717, 1.165) is 12.1 Å². The molecule has 0 aliphatic carbocycles. The molecule has 2 rings (SSSR count). The van der Waals surface area contributed by atoms with Gasteiger partial charge >= 0.3 is 6.18 Å². The van der Waals surface area contributed by atoms with Crippen molar-refractivity contribution in [1.82, 2.24) is 5.32 Å². The first-order valence-corrected chi connectivity index (χ1v) is 6.84. The van der Waals surface area contributed by atoms with Crippen LogP contribution < -0.4 is 5.32 Å². The zero-order chi connectivity index (χ0) is 17.6. The predicted octanol–water partition coefficient (Wildman–Crippen LogP) is 3.36. The van der Waals surface area contributed by atoms with Crippen molar-refractivity contribution in [2.75, 3.05) is 6.54 Å². The highest BCUT2D eigenvalue weighted by Crippen LogP contribution is 2.29. The zero-order valence-electron chi connectivity index (χ0n) is 12.3. The number of halogens is 3. The van der Waals surface area contributed by atoms with Gasteiger partial charge in [-0.3, -0.25) is 4.79 Å². The number of nitrogens with one attached hydrogen (secondary N) is 1. The first kappa shape index (κ1) is 17.1. The lowest BCUT2D eigenvalue weighted by Gasteiger charge is -2.05. The third-order valence-corrected chi connectivity index (χ3v) is 3.01. The van der Waals surface area contributed by atoms with E-state index in [0.29, 0.717) is 11.1 Å². The molecule has 0 saturated carbocycles. The summed E-state index contributed by atoms with van der Waals surface area (Å²) in [5, 5.41) is 11.3. The maximum Gasteiger partial charge on any atom is 0.416 e. The Bertz CT molecular complexity index is 855. The van der Waals surface area contributed by atoms with Gasteiger partial charge in [0.25, 0.3) is 5.91 Å². The molecule has 0 aliphatic rings. The van der Waals surface area contributed by atoms with Gasteiger partial charge in [0.1, 0.15) is 0 Å². The van der Waals surface area contributed by atoms with Crippen molar-refractivity contribution in [3.8, 4) is 17.9 Å². The molecule has 2 aromatic rings. The second-order valence-corrected chi connectivity index (χ2v) is 4.76. The second kappa shape index (κ2) is 7.34. The van der Waals surface area contributed by atoms with Crippen LogP contribution in [-0.2, 0) is 6.18 Å². The third-order valence-electron chi connectivity index (χ3n) is 3.01. The van der Waals surface area contributed by atoms with Crippen LogP contribution in [0.15, 0.2) is 48.5 Å². The fourth-order valence-corrected chi connectivity index (χ4v) is 1.88. The van der Waals surface area contributed by atoms with Crippen molar-refractivity contribution >= 4 is 5.91 Å². The molecule has 0 heterocycles. The molecule has 0 atom stereocenters. The summed E-state index contributed by atoms with van der Waals surface area (Å²) in [6.07, 6.45) is -4.42. The van der Waals surface area contributed by atoms with E-state index in [1.165, 1.54) is 18.2 Å². The summed E-state index contributed by atoms with van der Waals surface area (Å²) >= 11 is 0. The average molecular weight is 328 g/mol. The molecule has 0 unspecified atom stereocenters. The highest BCUT2D eigenvalue weighted by atomic mass is 19.4. The van der Waals surface area contributed by atoms with E-state index in [-0.39, 0.29) is 12.1 Å². The minimum absolute atomic E-state index is 0.0220. The second-order valence-electron chi connectivity index (χ2n) is 4.76. The number of carbonyl (C=O) groups excluding carboxylic acids is 1. The quantitative estimate of drug-likeness (QED) is 0.860. The molecule has 0 saturated heterocycles. The number of carbonyl (C=O) groups is 1. The molecule has 0 bridgehead atoms. The number of benzene rings is 2. The predicted molar refractivity (Wildman–Crippen MR) is 81.8 cm³/mol. The summed E-state index contributed by atoms with van der Waals surface area (Å²) in [7, 11) is 0. The van der Waals surface area contributed by atoms with Gasteiger partial charge in [0.2, 0.25) is 0 Å². The van der Waals surface area contributed by atoms with Crippen molar-refractivity contribution < 1.29 is 18.0 Å². The monoisotopic (exact) mass is 328 g/mol.